The van der Waals surface area contributed by atoms with Crippen molar-refractivity contribution in [2.24, 2.45) is 5.92 Å². The minimum Gasteiger partial charge on any atom is -0.455 e. The Balaban J connectivity index is 1.44. The molecule has 3 rings (SSSR count). The zero-order valence-electron chi connectivity index (χ0n) is 16.5. The fraction of sp³-hybridized carbons (Fsp3) is 0.273. The summed E-state index contributed by atoms with van der Waals surface area (Å²) < 4.78 is 5.03. The standard InChI is InChI=1S/C22H23N3O5/c1-15(16-8-4-2-5-9-16)25-13-18(12-20(25)27)22(29)30-14-19(26)23-24-21(28)17-10-6-3-7-11-17/h2-11,15,18H,12-14H2,1H3,(H,23,26)(H,24,28)/t15-,18-/m0/s1. The van der Waals surface area contributed by atoms with Gasteiger partial charge < -0.3 is 9.64 Å². The van der Waals surface area contributed by atoms with Crippen LogP contribution in [0.2, 0.25) is 0 Å². The molecule has 0 aromatic heterocycles. The van der Waals surface area contributed by atoms with Gasteiger partial charge in [-0.3, -0.25) is 30.0 Å². The lowest BCUT2D eigenvalue weighted by molar-refractivity contribution is -0.152. The van der Waals surface area contributed by atoms with E-state index in [2.05, 4.69) is 10.9 Å². The third-order valence-electron chi connectivity index (χ3n) is 4.94. The van der Waals surface area contributed by atoms with Crippen LogP contribution in [0.3, 0.4) is 0 Å². The van der Waals surface area contributed by atoms with Crippen LogP contribution < -0.4 is 10.9 Å². The zero-order valence-corrected chi connectivity index (χ0v) is 16.5. The number of likely N-dealkylation sites (tertiary alicyclic amines) is 1. The van der Waals surface area contributed by atoms with Gasteiger partial charge in [-0.1, -0.05) is 48.5 Å². The van der Waals surface area contributed by atoms with E-state index >= 15 is 0 Å². The molecule has 2 aromatic rings. The quantitative estimate of drug-likeness (QED) is 0.557. The number of carbonyl (C=O) groups excluding carboxylic acids is 4. The zero-order chi connectivity index (χ0) is 21.5. The van der Waals surface area contributed by atoms with Gasteiger partial charge in [0.2, 0.25) is 5.91 Å². The van der Waals surface area contributed by atoms with Gasteiger partial charge in [0.05, 0.1) is 12.0 Å². The molecule has 1 saturated heterocycles. The number of amides is 3. The number of nitrogens with zero attached hydrogens (tertiary/aromatic N) is 1. The Morgan fingerprint density at radius 1 is 1.03 bits per heavy atom. The molecular weight excluding hydrogens is 386 g/mol. The first-order chi connectivity index (χ1) is 14.5. The minimum absolute atomic E-state index is 0.0440. The van der Waals surface area contributed by atoms with Crippen LogP contribution in [0.4, 0.5) is 0 Å². The summed E-state index contributed by atoms with van der Waals surface area (Å²) in [6.45, 7) is 1.59. The first-order valence-corrected chi connectivity index (χ1v) is 9.61. The van der Waals surface area contributed by atoms with Gasteiger partial charge in [0.25, 0.3) is 11.8 Å². The van der Waals surface area contributed by atoms with E-state index in [-0.39, 0.29) is 24.9 Å². The highest BCUT2D eigenvalue weighted by atomic mass is 16.5. The predicted octanol–water partition coefficient (Wildman–Crippen LogP) is 1.60. The molecular formula is C22H23N3O5. The van der Waals surface area contributed by atoms with Crippen LogP contribution in [0.5, 0.6) is 0 Å². The summed E-state index contributed by atoms with van der Waals surface area (Å²) in [5.41, 5.74) is 5.80. The SMILES string of the molecule is C[C@@H](c1ccccc1)N1C[C@@H](C(=O)OCC(=O)NNC(=O)c2ccccc2)CC1=O. The molecule has 0 aliphatic carbocycles. The summed E-state index contributed by atoms with van der Waals surface area (Å²) in [5, 5.41) is 0. The van der Waals surface area contributed by atoms with Crippen LogP contribution in [0.25, 0.3) is 0 Å². The average Bonchev–Trinajstić information content (AvgIpc) is 3.18. The molecule has 1 aliphatic heterocycles. The molecule has 0 radical (unpaired) electrons. The summed E-state index contributed by atoms with van der Waals surface area (Å²) >= 11 is 0. The molecule has 30 heavy (non-hydrogen) atoms. The molecule has 0 bridgehead atoms. The number of ether oxygens (including phenoxy) is 1. The van der Waals surface area contributed by atoms with E-state index in [1.54, 1.807) is 35.2 Å². The maximum atomic E-state index is 12.3. The van der Waals surface area contributed by atoms with Crippen LogP contribution in [0, 0.1) is 5.92 Å². The monoisotopic (exact) mass is 409 g/mol. The van der Waals surface area contributed by atoms with Gasteiger partial charge in [0.1, 0.15) is 0 Å². The van der Waals surface area contributed by atoms with Gasteiger partial charge >= 0.3 is 5.97 Å². The summed E-state index contributed by atoms with van der Waals surface area (Å²) in [6, 6.07) is 17.7. The van der Waals surface area contributed by atoms with E-state index in [1.807, 2.05) is 37.3 Å². The minimum atomic E-state index is -0.675. The van der Waals surface area contributed by atoms with Gasteiger partial charge in [-0.05, 0) is 24.6 Å². The number of rotatable bonds is 6. The van der Waals surface area contributed by atoms with Crippen LogP contribution >= 0.6 is 0 Å². The average molecular weight is 409 g/mol. The van der Waals surface area contributed by atoms with Crippen molar-refractivity contribution in [1.29, 1.82) is 0 Å². The molecule has 1 fully saturated rings. The highest BCUT2D eigenvalue weighted by Gasteiger charge is 2.38. The fourth-order valence-electron chi connectivity index (χ4n) is 3.25. The van der Waals surface area contributed by atoms with Crippen LogP contribution in [-0.2, 0) is 19.1 Å². The number of carbonyl (C=O) groups is 4. The summed E-state index contributed by atoms with van der Waals surface area (Å²) in [4.78, 5) is 50.0. The largest absolute Gasteiger partial charge is 0.455 e. The molecule has 1 heterocycles. The maximum Gasteiger partial charge on any atom is 0.311 e. The second kappa shape index (κ2) is 9.69. The second-order valence-corrected chi connectivity index (χ2v) is 7.01. The maximum absolute atomic E-state index is 12.3. The Morgan fingerprint density at radius 2 is 1.67 bits per heavy atom. The van der Waals surface area contributed by atoms with Gasteiger partial charge in [-0.15, -0.1) is 0 Å². The number of hydrogen-bond donors (Lipinski definition) is 2. The molecule has 8 nitrogen and oxygen atoms in total. The Morgan fingerprint density at radius 3 is 2.33 bits per heavy atom. The molecule has 8 heteroatoms. The molecule has 3 amide bonds. The lowest BCUT2D eigenvalue weighted by atomic mass is 10.1. The van der Waals surface area contributed by atoms with E-state index in [0.29, 0.717) is 5.56 Å². The molecule has 1 aliphatic rings. The van der Waals surface area contributed by atoms with Crippen LogP contribution in [0.15, 0.2) is 60.7 Å². The van der Waals surface area contributed by atoms with Gasteiger partial charge in [-0.25, -0.2) is 0 Å². The Hall–Kier alpha value is -3.68. The van der Waals surface area contributed by atoms with E-state index in [1.165, 1.54) is 0 Å². The van der Waals surface area contributed by atoms with E-state index in [4.69, 9.17) is 4.74 Å². The van der Waals surface area contributed by atoms with Crippen LogP contribution in [-0.4, -0.2) is 41.7 Å². The number of hydrogen-bond acceptors (Lipinski definition) is 5. The van der Waals surface area contributed by atoms with Crippen molar-refractivity contribution in [2.75, 3.05) is 13.2 Å². The Kier molecular flexibility index (Phi) is 6.79. The first kappa shape index (κ1) is 21.0. The third-order valence-corrected chi connectivity index (χ3v) is 4.94. The Bertz CT molecular complexity index is 917. The molecule has 156 valence electrons. The summed E-state index contributed by atoms with van der Waals surface area (Å²) in [7, 11) is 0. The lowest BCUT2D eigenvalue weighted by Crippen LogP contribution is -2.43. The molecule has 2 atom stereocenters. The van der Waals surface area contributed by atoms with Gasteiger partial charge in [0, 0.05) is 18.5 Å². The number of hydrazine groups is 1. The Labute approximate surface area is 174 Å². The normalized spacial score (nSPS) is 16.6. The van der Waals surface area contributed by atoms with Crippen molar-refractivity contribution < 1.29 is 23.9 Å². The second-order valence-electron chi connectivity index (χ2n) is 7.01. The number of esters is 1. The lowest BCUT2D eigenvalue weighted by Gasteiger charge is -2.25. The smallest absolute Gasteiger partial charge is 0.311 e. The van der Waals surface area contributed by atoms with Crippen molar-refractivity contribution in [3.8, 4) is 0 Å². The first-order valence-electron chi connectivity index (χ1n) is 9.61. The highest BCUT2D eigenvalue weighted by molar-refractivity contribution is 5.95. The molecule has 0 spiro atoms. The van der Waals surface area contributed by atoms with Crippen molar-refractivity contribution in [1.82, 2.24) is 15.8 Å². The fourth-order valence-corrected chi connectivity index (χ4v) is 3.25. The van der Waals surface area contributed by atoms with Crippen LogP contribution in [0.1, 0.15) is 35.3 Å². The molecule has 0 unspecified atom stereocenters. The van der Waals surface area contributed by atoms with Gasteiger partial charge in [-0.2, -0.15) is 0 Å². The summed E-state index contributed by atoms with van der Waals surface area (Å²) in [5.74, 6) is -2.53. The van der Waals surface area contributed by atoms with E-state index in [9.17, 15) is 19.2 Å². The topological polar surface area (TPSA) is 105 Å². The highest BCUT2D eigenvalue weighted by Crippen LogP contribution is 2.28. The molecule has 2 aromatic carbocycles. The third kappa shape index (κ3) is 5.22. The predicted molar refractivity (Wildman–Crippen MR) is 108 cm³/mol. The molecule has 0 saturated carbocycles. The molecule has 2 N–H and O–H groups in total. The van der Waals surface area contributed by atoms with E-state index in [0.717, 1.165) is 5.56 Å². The van der Waals surface area contributed by atoms with Crippen molar-refractivity contribution in [2.45, 2.75) is 19.4 Å². The van der Waals surface area contributed by atoms with Gasteiger partial charge in [0.15, 0.2) is 6.61 Å². The van der Waals surface area contributed by atoms with E-state index < -0.39 is 30.3 Å². The number of benzene rings is 2. The number of nitrogens with one attached hydrogen (secondary N) is 2. The van der Waals surface area contributed by atoms with Crippen molar-refractivity contribution >= 4 is 23.7 Å². The van der Waals surface area contributed by atoms with Crippen molar-refractivity contribution in [3.63, 3.8) is 0 Å². The summed E-state index contributed by atoms with van der Waals surface area (Å²) in [6.07, 6.45) is 0.0440. The van der Waals surface area contributed by atoms with Crippen molar-refractivity contribution in [3.05, 3.63) is 71.8 Å².